The Morgan fingerprint density at radius 2 is 2.20 bits per heavy atom. The molecule has 0 amide bonds. The van der Waals surface area contributed by atoms with E-state index < -0.39 is 5.97 Å². The van der Waals surface area contributed by atoms with E-state index >= 15 is 0 Å². The van der Waals surface area contributed by atoms with Crippen LogP contribution >= 0.6 is 0 Å². The SMILES string of the molecule is CCCc1c(C(=O)O)cnn1-c1ccc2c(c1)OCO2. The maximum atomic E-state index is 11.2. The molecule has 1 aliphatic heterocycles. The molecule has 6 heteroatoms. The lowest BCUT2D eigenvalue weighted by molar-refractivity contribution is 0.0695. The van der Waals surface area contributed by atoms with E-state index in [9.17, 15) is 9.90 Å². The maximum absolute atomic E-state index is 11.2. The smallest absolute Gasteiger partial charge is 0.339 e. The fourth-order valence-electron chi connectivity index (χ4n) is 2.27. The molecule has 0 spiro atoms. The molecule has 0 saturated carbocycles. The molecule has 1 N–H and O–H groups in total. The van der Waals surface area contributed by atoms with E-state index in [1.807, 2.05) is 13.0 Å². The summed E-state index contributed by atoms with van der Waals surface area (Å²) in [5, 5.41) is 13.4. The molecule has 0 unspecified atom stereocenters. The number of ether oxygens (including phenoxy) is 2. The largest absolute Gasteiger partial charge is 0.478 e. The number of nitrogens with zero attached hydrogens (tertiary/aromatic N) is 2. The van der Waals surface area contributed by atoms with E-state index in [1.54, 1.807) is 16.8 Å². The van der Waals surface area contributed by atoms with Crippen molar-refractivity contribution >= 4 is 5.97 Å². The van der Waals surface area contributed by atoms with Gasteiger partial charge < -0.3 is 14.6 Å². The van der Waals surface area contributed by atoms with Gasteiger partial charge >= 0.3 is 5.97 Å². The Bertz CT molecular complexity index is 663. The molecule has 0 radical (unpaired) electrons. The molecule has 20 heavy (non-hydrogen) atoms. The monoisotopic (exact) mass is 274 g/mol. The first-order chi connectivity index (χ1) is 9.70. The maximum Gasteiger partial charge on any atom is 0.339 e. The highest BCUT2D eigenvalue weighted by Gasteiger charge is 2.19. The van der Waals surface area contributed by atoms with Gasteiger partial charge in [-0.3, -0.25) is 0 Å². The van der Waals surface area contributed by atoms with Crippen LogP contribution in [0.25, 0.3) is 5.69 Å². The second kappa shape index (κ2) is 4.88. The van der Waals surface area contributed by atoms with Crippen LogP contribution in [0.1, 0.15) is 29.4 Å². The van der Waals surface area contributed by atoms with Gasteiger partial charge in [-0.2, -0.15) is 5.10 Å². The number of carboxylic acid groups (broad SMARTS) is 1. The van der Waals surface area contributed by atoms with Gasteiger partial charge in [0.1, 0.15) is 5.56 Å². The minimum absolute atomic E-state index is 0.208. The number of rotatable bonds is 4. The molecule has 0 fully saturated rings. The lowest BCUT2D eigenvalue weighted by Crippen LogP contribution is -2.06. The zero-order chi connectivity index (χ0) is 14.1. The molecule has 1 aliphatic rings. The standard InChI is InChI=1S/C14H14N2O4/c1-2-3-11-10(14(17)18)7-15-16(11)9-4-5-12-13(6-9)20-8-19-12/h4-7H,2-3,8H2,1H3,(H,17,18). The molecule has 0 bridgehead atoms. The fourth-order valence-corrected chi connectivity index (χ4v) is 2.27. The zero-order valence-corrected chi connectivity index (χ0v) is 11.0. The first-order valence-electron chi connectivity index (χ1n) is 6.41. The van der Waals surface area contributed by atoms with Crippen LogP contribution in [0.5, 0.6) is 11.5 Å². The third kappa shape index (κ3) is 1.99. The highest BCUT2D eigenvalue weighted by atomic mass is 16.7. The Hall–Kier alpha value is -2.50. The van der Waals surface area contributed by atoms with Crippen LogP contribution < -0.4 is 9.47 Å². The Morgan fingerprint density at radius 1 is 1.40 bits per heavy atom. The van der Waals surface area contributed by atoms with Crippen molar-refractivity contribution in [3.05, 3.63) is 35.7 Å². The first kappa shape index (κ1) is 12.5. The van der Waals surface area contributed by atoms with Crippen molar-refractivity contribution in [2.75, 3.05) is 6.79 Å². The molecule has 0 aliphatic carbocycles. The summed E-state index contributed by atoms with van der Waals surface area (Å²) in [7, 11) is 0. The van der Waals surface area contributed by atoms with Gasteiger partial charge in [0, 0.05) is 6.07 Å². The van der Waals surface area contributed by atoms with Gasteiger partial charge in [-0.15, -0.1) is 0 Å². The number of aromatic nitrogens is 2. The summed E-state index contributed by atoms with van der Waals surface area (Å²) in [4.78, 5) is 11.2. The minimum atomic E-state index is -0.958. The summed E-state index contributed by atoms with van der Waals surface area (Å²) in [5.41, 5.74) is 1.70. The van der Waals surface area contributed by atoms with E-state index in [2.05, 4.69) is 5.10 Å². The number of benzene rings is 1. The summed E-state index contributed by atoms with van der Waals surface area (Å²) in [6.45, 7) is 2.21. The number of hydrogen-bond donors (Lipinski definition) is 1. The molecule has 0 saturated heterocycles. The van der Waals surface area contributed by atoms with Crippen molar-refractivity contribution in [2.45, 2.75) is 19.8 Å². The Labute approximate surface area is 115 Å². The van der Waals surface area contributed by atoms with Crippen LogP contribution in [0.15, 0.2) is 24.4 Å². The van der Waals surface area contributed by atoms with E-state index in [0.29, 0.717) is 23.6 Å². The zero-order valence-electron chi connectivity index (χ0n) is 11.0. The van der Waals surface area contributed by atoms with Gasteiger partial charge in [-0.1, -0.05) is 13.3 Å². The quantitative estimate of drug-likeness (QED) is 0.925. The van der Waals surface area contributed by atoms with Crippen molar-refractivity contribution in [3.63, 3.8) is 0 Å². The van der Waals surface area contributed by atoms with Gasteiger partial charge in [-0.05, 0) is 18.6 Å². The lowest BCUT2D eigenvalue weighted by atomic mass is 10.1. The van der Waals surface area contributed by atoms with Crippen LogP contribution in [0, 0.1) is 0 Å². The average Bonchev–Trinajstić information content (AvgIpc) is 3.04. The number of aromatic carboxylic acids is 1. The van der Waals surface area contributed by atoms with Gasteiger partial charge in [0.15, 0.2) is 11.5 Å². The molecule has 3 rings (SSSR count). The minimum Gasteiger partial charge on any atom is -0.478 e. The number of fused-ring (bicyclic) bond motifs is 1. The number of carboxylic acids is 1. The van der Waals surface area contributed by atoms with Crippen molar-refractivity contribution in [2.24, 2.45) is 0 Å². The third-order valence-corrected chi connectivity index (χ3v) is 3.19. The van der Waals surface area contributed by atoms with Crippen LogP contribution in [0.3, 0.4) is 0 Å². The summed E-state index contributed by atoms with van der Waals surface area (Å²) in [5.74, 6) is 0.383. The fraction of sp³-hybridized carbons (Fsp3) is 0.286. The highest BCUT2D eigenvalue weighted by molar-refractivity contribution is 5.88. The Balaban J connectivity index is 2.07. The molecule has 0 atom stereocenters. The van der Waals surface area contributed by atoms with Crippen molar-refractivity contribution < 1.29 is 19.4 Å². The second-order valence-corrected chi connectivity index (χ2v) is 4.51. The summed E-state index contributed by atoms with van der Waals surface area (Å²) in [6, 6.07) is 5.45. The van der Waals surface area contributed by atoms with Crippen molar-refractivity contribution in [1.29, 1.82) is 0 Å². The van der Waals surface area contributed by atoms with Gasteiger partial charge in [-0.25, -0.2) is 9.48 Å². The van der Waals surface area contributed by atoms with Crippen molar-refractivity contribution in [3.8, 4) is 17.2 Å². The lowest BCUT2D eigenvalue weighted by Gasteiger charge is -2.08. The molecule has 1 aromatic heterocycles. The Morgan fingerprint density at radius 3 is 2.95 bits per heavy atom. The molecule has 2 heterocycles. The summed E-state index contributed by atoms with van der Waals surface area (Å²) >= 11 is 0. The number of carbonyl (C=O) groups is 1. The molecule has 1 aromatic carbocycles. The van der Waals surface area contributed by atoms with E-state index in [-0.39, 0.29) is 12.4 Å². The van der Waals surface area contributed by atoms with E-state index in [4.69, 9.17) is 9.47 Å². The second-order valence-electron chi connectivity index (χ2n) is 4.51. The van der Waals surface area contributed by atoms with Crippen LogP contribution in [-0.2, 0) is 6.42 Å². The first-order valence-corrected chi connectivity index (χ1v) is 6.41. The normalized spacial score (nSPS) is 12.7. The summed E-state index contributed by atoms with van der Waals surface area (Å²) in [6.07, 6.45) is 2.88. The average molecular weight is 274 g/mol. The molecule has 104 valence electrons. The number of hydrogen-bond acceptors (Lipinski definition) is 4. The topological polar surface area (TPSA) is 73.6 Å². The predicted molar refractivity (Wildman–Crippen MR) is 70.6 cm³/mol. The van der Waals surface area contributed by atoms with Gasteiger partial charge in [0.25, 0.3) is 0 Å². The van der Waals surface area contributed by atoms with Crippen LogP contribution in [0.2, 0.25) is 0 Å². The van der Waals surface area contributed by atoms with Gasteiger partial charge in [0.2, 0.25) is 6.79 Å². The van der Waals surface area contributed by atoms with Crippen LogP contribution in [0.4, 0.5) is 0 Å². The highest BCUT2D eigenvalue weighted by Crippen LogP contribution is 2.34. The Kier molecular flexibility index (Phi) is 3.06. The molecule has 2 aromatic rings. The summed E-state index contributed by atoms with van der Waals surface area (Å²) < 4.78 is 12.2. The predicted octanol–water partition coefficient (Wildman–Crippen LogP) is 2.25. The van der Waals surface area contributed by atoms with E-state index in [1.165, 1.54) is 6.20 Å². The van der Waals surface area contributed by atoms with Crippen LogP contribution in [-0.4, -0.2) is 27.6 Å². The van der Waals surface area contributed by atoms with E-state index in [0.717, 1.165) is 12.1 Å². The molecular weight excluding hydrogens is 260 g/mol. The van der Waals surface area contributed by atoms with Gasteiger partial charge in [0.05, 0.1) is 17.6 Å². The molecular formula is C14H14N2O4. The molecule has 6 nitrogen and oxygen atoms in total. The van der Waals surface area contributed by atoms with Crippen molar-refractivity contribution in [1.82, 2.24) is 9.78 Å². The third-order valence-electron chi connectivity index (χ3n) is 3.19.